The number of amides is 1. The van der Waals surface area contributed by atoms with Gasteiger partial charge >= 0.3 is 0 Å². The minimum Gasteiger partial charge on any atom is -0.506 e. The number of aliphatic hydroxyl groups is 1. The summed E-state index contributed by atoms with van der Waals surface area (Å²) in [5, 5.41) is 21.6. The lowest BCUT2D eigenvalue weighted by Gasteiger charge is -2.17. The number of aliphatic hydroxyl groups excluding tert-OH is 1. The van der Waals surface area contributed by atoms with Crippen molar-refractivity contribution in [1.29, 1.82) is 5.41 Å². The number of carbonyl (C=O) groups is 1. The highest BCUT2D eigenvalue weighted by Crippen LogP contribution is 2.36. The van der Waals surface area contributed by atoms with Crippen LogP contribution in [0.4, 0.5) is 0 Å². The molecule has 0 aromatic heterocycles. The minimum absolute atomic E-state index is 0.0375. The monoisotopic (exact) mass is 442 g/mol. The summed E-state index contributed by atoms with van der Waals surface area (Å²) in [5.74, 6) is -1.04. The van der Waals surface area contributed by atoms with Crippen molar-refractivity contribution in [1.82, 2.24) is 5.32 Å². The van der Waals surface area contributed by atoms with E-state index in [9.17, 15) is 22.5 Å². The normalized spacial score (nSPS) is 16.1. The van der Waals surface area contributed by atoms with Gasteiger partial charge in [0.2, 0.25) is 0 Å². The van der Waals surface area contributed by atoms with Crippen LogP contribution in [0.2, 0.25) is 0 Å². The maximum atomic E-state index is 12.8. The van der Waals surface area contributed by atoms with Gasteiger partial charge in [-0.25, -0.2) is 8.42 Å². The summed E-state index contributed by atoms with van der Waals surface area (Å²) in [6.45, 7) is 1.71. The molecule has 10 heteroatoms. The molecule has 3 N–H and O–H groups in total. The predicted molar refractivity (Wildman–Crippen MR) is 112 cm³/mol. The van der Waals surface area contributed by atoms with Gasteiger partial charge in [-0.1, -0.05) is 0 Å². The van der Waals surface area contributed by atoms with Gasteiger partial charge in [-0.2, -0.15) is 0 Å². The Hall–Kier alpha value is -2.04. The molecular formula is C19H26N2O6S2. The number of nitrogens with one attached hydrogen (secondary N) is 2. The first-order chi connectivity index (χ1) is 13.5. The highest BCUT2D eigenvalue weighted by Gasteiger charge is 2.34. The minimum atomic E-state index is -3.68. The van der Waals surface area contributed by atoms with Crippen molar-refractivity contribution in [2.24, 2.45) is 5.92 Å². The Morgan fingerprint density at radius 3 is 2.48 bits per heavy atom. The molecule has 1 fully saturated rings. The maximum absolute atomic E-state index is 12.8. The van der Waals surface area contributed by atoms with Crippen LogP contribution in [0, 0.1) is 18.3 Å². The molecule has 0 heterocycles. The molecule has 2 rings (SSSR count). The van der Waals surface area contributed by atoms with Gasteiger partial charge in [0.05, 0.1) is 38.7 Å². The van der Waals surface area contributed by atoms with E-state index in [1.165, 1.54) is 26.3 Å². The highest BCUT2D eigenvalue weighted by molar-refractivity contribution is 7.92. The lowest BCUT2D eigenvalue weighted by molar-refractivity contribution is -0.116. The molecule has 1 atom stereocenters. The summed E-state index contributed by atoms with van der Waals surface area (Å²) in [6, 6.07) is 2.65. The van der Waals surface area contributed by atoms with Gasteiger partial charge in [0.1, 0.15) is 11.3 Å². The SMILES string of the molecule is CNC(=O)C(C(=N)C1CC1)=C(O)c1ccc(S(C)(=O)=O)c(S(=O)CCOC)c1C. The van der Waals surface area contributed by atoms with E-state index in [2.05, 4.69) is 5.32 Å². The van der Waals surface area contributed by atoms with Crippen molar-refractivity contribution < 1.29 is 27.3 Å². The second-order valence-electron chi connectivity index (χ2n) is 6.87. The highest BCUT2D eigenvalue weighted by atomic mass is 32.2. The topological polar surface area (TPSA) is 134 Å². The molecule has 1 aliphatic rings. The number of hydrogen-bond donors (Lipinski definition) is 3. The Balaban J connectivity index is 2.73. The van der Waals surface area contributed by atoms with Crippen molar-refractivity contribution in [3.63, 3.8) is 0 Å². The van der Waals surface area contributed by atoms with Crippen LogP contribution in [-0.4, -0.2) is 62.1 Å². The molecular weight excluding hydrogens is 416 g/mol. The average Bonchev–Trinajstić information content (AvgIpc) is 3.49. The van der Waals surface area contributed by atoms with Gasteiger partial charge in [0, 0.05) is 31.9 Å². The lowest BCUT2D eigenvalue weighted by Crippen LogP contribution is -2.27. The van der Waals surface area contributed by atoms with E-state index in [1.54, 1.807) is 6.92 Å². The van der Waals surface area contributed by atoms with Gasteiger partial charge < -0.3 is 20.6 Å². The van der Waals surface area contributed by atoms with E-state index in [-0.39, 0.29) is 50.5 Å². The Morgan fingerprint density at radius 1 is 1.38 bits per heavy atom. The third-order valence-corrected chi connectivity index (χ3v) is 7.46. The summed E-state index contributed by atoms with van der Waals surface area (Å²) in [7, 11) is -2.53. The van der Waals surface area contributed by atoms with Crippen molar-refractivity contribution in [2.75, 3.05) is 32.8 Å². The Labute approximate surface area is 173 Å². The van der Waals surface area contributed by atoms with Crippen LogP contribution in [0.25, 0.3) is 5.76 Å². The van der Waals surface area contributed by atoms with Crippen LogP contribution in [-0.2, 0) is 30.2 Å². The first-order valence-corrected chi connectivity index (χ1v) is 12.2. The number of rotatable bonds is 9. The summed E-state index contributed by atoms with van der Waals surface area (Å²) in [6.07, 6.45) is 2.56. The van der Waals surface area contributed by atoms with Crippen molar-refractivity contribution in [3.8, 4) is 0 Å². The fourth-order valence-corrected chi connectivity index (χ4v) is 5.76. The van der Waals surface area contributed by atoms with E-state index in [0.717, 1.165) is 19.1 Å². The number of carbonyl (C=O) groups excluding carboxylic acids is 1. The zero-order valence-electron chi connectivity index (χ0n) is 16.9. The third-order valence-electron chi connectivity index (χ3n) is 4.67. The lowest BCUT2D eigenvalue weighted by atomic mass is 9.98. The molecule has 1 aromatic carbocycles. The van der Waals surface area contributed by atoms with Gasteiger partial charge in [-0.3, -0.25) is 9.00 Å². The number of ether oxygens (including phenoxy) is 1. The summed E-state index contributed by atoms with van der Waals surface area (Å²) < 4.78 is 42.2. The van der Waals surface area contributed by atoms with Crippen molar-refractivity contribution >= 4 is 38.0 Å². The van der Waals surface area contributed by atoms with E-state index >= 15 is 0 Å². The molecule has 1 saturated carbocycles. The van der Waals surface area contributed by atoms with E-state index < -0.39 is 32.3 Å². The Morgan fingerprint density at radius 2 is 2.00 bits per heavy atom. The first kappa shape index (κ1) is 23.2. The smallest absolute Gasteiger partial charge is 0.256 e. The molecule has 8 nitrogen and oxygen atoms in total. The molecule has 0 bridgehead atoms. The second-order valence-corrected chi connectivity index (χ2v) is 10.4. The van der Waals surface area contributed by atoms with Crippen molar-refractivity contribution in [2.45, 2.75) is 29.6 Å². The standard InChI is InChI=1S/C19H26N2O6S2/c1-11-13(17(22)15(19(23)21-2)16(20)12-5-6-12)7-8-14(29(4,25)26)18(11)28(24)10-9-27-3/h7-8,12,20,22H,5-6,9-10H2,1-4H3,(H,21,23). The summed E-state index contributed by atoms with van der Waals surface area (Å²) >= 11 is 0. The Kier molecular flexibility index (Phi) is 7.36. The molecule has 1 amide bonds. The molecule has 0 saturated heterocycles. The maximum Gasteiger partial charge on any atom is 0.256 e. The fourth-order valence-electron chi connectivity index (χ4n) is 2.95. The molecule has 1 aromatic rings. The van der Waals surface area contributed by atoms with Gasteiger partial charge in [-0.15, -0.1) is 0 Å². The van der Waals surface area contributed by atoms with Gasteiger partial charge in [-0.05, 0) is 37.5 Å². The number of benzene rings is 1. The van der Waals surface area contributed by atoms with Crippen LogP contribution in [0.5, 0.6) is 0 Å². The molecule has 0 aliphatic heterocycles. The molecule has 1 aliphatic carbocycles. The number of sulfone groups is 1. The molecule has 160 valence electrons. The average molecular weight is 443 g/mol. The summed E-state index contributed by atoms with van der Waals surface area (Å²) in [5.41, 5.74) is 0.335. The predicted octanol–water partition coefficient (Wildman–Crippen LogP) is 1.60. The van der Waals surface area contributed by atoms with Gasteiger partial charge in [0.25, 0.3) is 5.91 Å². The molecule has 0 radical (unpaired) electrons. The van der Waals surface area contributed by atoms with Crippen molar-refractivity contribution in [3.05, 3.63) is 28.8 Å². The quantitative estimate of drug-likeness (QED) is 0.302. The summed E-state index contributed by atoms with van der Waals surface area (Å²) in [4.78, 5) is 12.3. The van der Waals surface area contributed by atoms with E-state index in [0.29, 0.717) is 0 Å². The first-order valence-electron chi connectivity index (χ1n) is 9.00. The number of hydrogen-bond acceptors (Lipinski definition) is 7. The molecule has 29 heavy (non-hydrogen) atoms. The zero-order chi connectivity index (χ0) is 21.9. The van der Waals surface area contributed by atoms with Crippen LogP contribution < -0.4 is 5.32 Å². The zero-order valence-corrected chi connectivity index (χ0v) is 18.5. The Bertz CT molecular complexity index is 994. The van der Waals surface area contributed by atoms with Crippen LogP contribution in [0.3, 0.4) is 0 Å². The fraction of sp³-hybridized carbons (Fsp3) is 0.474. The third kappa shape index (κ3) is 5.12. The van der Waals surface area contributed by atoms with Crippen LogP contribution in [0.1, 0.15) is 24.0 Å². The van der Waals surface area contributed by atoms with E-state index in [1.807, 2.05) is 0 Å². The van der Waals surface area contributed by atoms with Gasteiger partial charge in [0.15, 0.2) is 9.84 Å². The number of methoxy groups -OCH3 is 1. The molecule has 0 spiro atoms. The van der Waals surface area contributed by atoms with Crippen LogP contribution in [0.15, 0.2) is 27.5 Å². The second kappa shape index (κ2) is 9.19. The van der Waals surface area contributed by atoms with Crippen LogP contribution >= 0.6 is 0 Å². The molecule has 1 unspecified atom stereocenters. The van der Waals surface area contributed by atoms with E-state index in [4.69, 9.17) is 10.1 Å². The largest absolute Gasteiger partial charge is 0.506 e. The number of likely N-dealkylation sites (N-methyl/N-ethyl adjacent to an activating group) is 1.